The van der Waals surface area contributed by atoms with Gasteiger partial charge in [0, 0.05) is 30.1 Å². The molecule has 3 nitrogen and oxygen atoms in total. The average molecular weight is 453 g/mol. The minimum absolute atomic E-state index is 0.0465. The van der Waals surface area contributed by atoms with E-state index in [2.05, 4.69) is 41.5 Å². The summed E-state index contributed by atoms with van der Waals surface area (Å²) in [6.07, 6.45) is 8.38. The smallest absolute Gasteiger partial charge is 0.155 e. The molecule has 9 atom stereocenters. The van der Waals surface area contributed by atoms with E-state index in [1.807, 2.05) is 13.8 Å². The molecule has 0 aromatic carbocycles. The second-order valence-corrected chi connectivity index (χ2v) is 14.2. The van der Waals surface area contributed by atoms with Crippen molar-refractivity contribution in [2.75, 3.05) is 0 Å². The summed E-state index contributed by atoms with van der Waals surface area (Å²) in [6.45, 7) is 17.9. The van der Waals surface area contributed by atoms with Gasteiger partial charge in [-0.3, -0.25) is 14.4 Å². The third-order valence-corrected chi connectivity index (χ3v) is 12.4. The van der Waals surface area contributed by atoms with E-state index < -0.39 is 0 Å². The van der Waals surface area contributed by atoms with Crippen LogP contribution in [-0.4, -0.2) is 17.3 Å². The van der Waals surface area contributed by atoms with Gasteiger partial charge >= 0.3 is 0 Å². The Morgan fingerprint density at radius 1 is 0.970 bits per heavy atom. The van der Waals surface area contributed by atoms with Crippen molar-refractivity contribution in [3.63, 3.8) is 0 Å². The van der Waals surface area contributed by atoms with Crippen molar-refractivity contribution in [3.8, 4) is 0 Å². The van der Waals surface area contributed by atoms with Gasteiger partial charge in [0.15, 0.2) is 5.78 Å². The zero-order valence-electron chi connectivity index (χ0n) is 22.1. The van der Waals surface area contributed by atoms with Crippen molar-refractivity contribution in [1.29, 1.82) is 0 Å². The van der Waals surface area contributed by atoms with Crippen LogP contribution in [0.15, 0.2) is 11.6 Å². The van der Waals surface area contributed by atoms with Gasteiger partial charge in [-0.2, -0.15) is 0 Å². The zero-order valence-corrected chi connectivity index (χ0v) is 22.1. The summed E-state index contributed by atoms with van der Waals surface area (Å²) < 4.78 is 0. The van der Waals surface area contributed by atoms with Crippen molar-refractivity contribution in [1.82, 2.24) is 0 Å². The highest BCUT2D eigenvalue weighted by atomic mass is 16.1. The first-order valence-electron chi connectivity index (χ1n) is 13.4. The fourth-order valence-electron chi connectivity index (χ4n) is 11.1. The molecule has 5 saturated carbocycles. The molecule has 0 saturated heterocycles. The van der Waals surface area contributed by atoms with E-state index in [4.69, 9.17) is 0 Å². The Hall–Kier alpha value is -1.25. The molecular weight excluding hydrogens is 408 g/mol. The van der Waals surface area contributed by atoms with E-state index in [9.17, 15) is 14.4 Å². The summed E-state index contributed by atoms with van der Waals surface area (Å²) in [5.74, 6) is 2.16. The molecule has 5 fully saturated rings. The van der Waals surface area contributed by atoms with Crippen LogP contribution in [0.1, 0.15) is 100 Å². The lowest BCUT2D eigenvalue weighted by molar-refractivity contribution is -0.179. The predicted octanol–water partition coefficient (Wildman–Crippen LogP) is 6.59. The Morgan fingerprint density at radius 2 is 1.64 bits per heavy atom. The average Bonchev–Trinajstić information content (AvgIpc) is 2.91. The maximum atomic E-state index is 14.4. The van der Waals surface area contributed by atoms with Crippen molar-refractivity contribution in [2.24, 2.45) is 56.7 Å². The second-order valence-electron chi connectivity index (χ2n) is 14.2. The molecular formula is C30H44O3. The van der Waals surface area contributed by atoms with E-state index in [1.54, 1.807) is 6.08 Å². The predicted molar refractivity (Wildman–Crippen MR) is 130 cm³/mol. The van der Waals surface area contributed by atoms with E-state index in [0.717, 1.165) is 37.7 Å². The normalized spacial score (nSPS) is 50.1. The van der Waals surface area contributed by atoms with Crippen molar-refractivity contribution in [3.05, 3.63) is 11.6 Å². The van der Waals surface area contributed by atoms with E-state index >= 15 is 0 Å². The van der Waals surface area contributed by atoms with Crippen molar-refractivity contribution < 1.29 is 14.4 Å². The number of hydrogen-bond donors (Lipinski definition) is 0. The molecule has 5 rings (SSSR count). The fraction of sp³-hybridized carbons (Fsp3) is 0.833. The first kappa shape index (κ1) is 23.5. The quantitative estimate of drug-likeness (QED) is 0.452. The van der Waals surface area contributed by atoms with Crippen molar-refractivity contribution in [2.45, 2.75) is 100 Å². The second kappa shape index (κ2) is 6.70. The largest absolute Gasteiger partial charge is 0.299 e. The van der Waals surface area contributed by atoms with Gasteiger partial charge < -0.3 is 0 Å². The third kappa shape index (κ3) is 2.50. The summed E-state index contributed by atoms with van der Waals surface area (Å²) in [4.78, 5) is 40.2. The van der Waals surface area contributed by atoms with Crippen LogP contribution in [0.4, 0.5) is 0 Å². The molecule has 182 valence electrons. The minimum atomic E-state index is -0.374. The monoisotopic (exact) mass is 452 g/mol. The lowest BCUT2D eigenvalue weighted by atomic mass is 9.39. The van der Waals surface area contributed by atoms with Crippen LogP contribution >= 0.6 is 0 Å². The molecule has 0 aromatic rings. The maximum Gasteiger partial charge on any atom is 0.155 e. The van der Waals surface area contributed by atoms with Gasteiger partial charge in [0.05, 0.1) is 0 Å². The molecule has 33 heavy (non-hydrogen) atoms. The lowest BCUT2D eigenvalue weighted by Gasteiger charge is -2.63. The van der Waals surface area contributed by atoms with Gasteiger partial charge in [0.25, 0.3) is 0 Å². The molecule has 0 unspecified atom stereocenters. The maximum absolute atomic E-state index is 14.4. The van der Waals surface area contributed by atoms with Gasteiger partial charge in [0.2, 0.25) is 0 Å². The van der Waals surface area contributed by atoms with Gasteiger partial charge in [-0.1, -0.05) is 47.1 Å². The first-order chi connectivity index (χ1) is 15.2. The van der Waals surface area contributed by atoms with E-state index in [-0.39, 0.29) is 44.7 Å². The van der Waals surface area contributed by atoms with Gasteiger partial charge in [-0.15, -0.1) is 0 Å². The fourth-order valence-corrected chi connectivity index (χ4v) is 11.1. The Morgan fingerprint density at radius 3 is 2.27 bits per heavy atom. The molecule has 0 heterocycles. The number of carbonyl (C=O) groups excluding carboxylic acids is 3. The molecule has 5 aliphatic carbocycles. The number of rotatable bonds is 4. The molecule has 0 radical (unpaired) electrons. The van der Waals surface area contributed by atoms with Crippen LogP contribution in [0.5, 0.6) is 0 Å². The summed E-state index contributed by atoms with van der Waals surface area (Å²) in [7, 11) is 0. The van der Waals surface area contributed by atoms with Crippen LogP contribution < -0.4 is 0 Å². The number of fused-ring (bicyclic) bond motifs is 4. The highest BCUT2D eigenvalue weighted by Gasteiger charge is 2.88. The molecule has 1 spiro atoms. The number of hydrogen-bond acceptors (Lipinski definition) is 3. The van der Waals surface area contributed by atoms with Gasteiger partial charge in [0.1, 0.15) is 11.6 Å². The number of allylic oxidation sites excluding steroid dienone is 2. The van der Waals surface area contributed by atoms with Crippen LogP contribution in [0.3, 0.4) is 0 Å². The Balaban J connectivity index is 1.51. The topological polar surface area (TPSA) is 51.2 Å². The van der Waals surface area contributed by atoms with Gasteiger partial charge in [-0.25, -0.2) is 0 Å². The van der Waals surface area contributed by atoms with Crippen LogP contribution in [0.2, 0.25) is 0 Å². The summed E-state index contributed by atoms with van der Waals surface area (Å²) >= 11 is 0. The number of Topliss-reactive ketones (excluding diaryl/α,β-unsaturated/α-hetero) is 2. The van der Waals surface area contributed by atoms with Crippen LogP contribution in [-0.2, 0) is 14.4 Å². The molecule has 0 bridgehead atoms. The van der Waals surface area contributed by atoms with Crippen molar-refractivity contribution >= 4 is 17.3 Å². The molecule has 0 aliphatic heterocycles. The zero-order chi connectivity index (χ0) is 24.4. The molecule has 5 aliphatic rings. The number of ketones is 3. The summed E-state index contributed by atoms with van der Waals surface area (Å²) in [6, 6.07) is 0. The molecule has 0 aromatic heterocycles. The molecule has 0 amide bonds. The highest BCUT2D eigenvalue weighted by molar-refractivity contribution is 6.04. The summed E-state index contributed by atoms with van der Waals surface area (Å²) in [5.41, 5.74) is 0.458. The van der Waals surface area contributed by atoms with Gasteiger partial charge in [-0.05, 0) is 91.4 Å². The standard InChI is InChI=1S/C30H44O3/c1-17(2)15-19(31)16-18(3)20-11-12-29(8)25-23(33)24-26(4,5)30(24)21(9-10-22(30)32)27(25,6)13-14-28(20,29)7/h15,18,20-21,24-25H,9-14,16H2,1-8H3/t18-,20-,21+,24-,25-,27+,28-,29+,30+/m1/s1. The highest BCUT2D eigenvalue weighted by Crippen LogP contribution is 2.86. The third-order valence-electron chi connectivity index (χ3n) is 12.4. The lowest BCUT2D eigenvalue weighted by Crippen LogP contribution is -2.62. The Bertz CT molecular complexity index is 969. The van der Waals surface area contributed by atoms with E-state index in [0.29, 0.717) is 42.2 Å². The summed E-state index contributed by atoms with van der Waals surface area (Å²) in [5, 5.41) is 0. The molecule has 0 N–H and O–H groups in total. The Kier molecular flexibility index (Phi) is 4.77. The van der Waals surface area contributed by atoms with Crippen LogP contribution in [0.25, 0.3) is 0 Å². The van der Waals surface area contributed by atoms with Crippen LogP contribution in [0, 0.1) is 56.7 Å². The molecule has 3 heteroatoms. The number of carbonyl (C=O) groups is 3. The Labute approximate surface area is 200 Å². The first-order valence-corrected chi connectivity index (χ1v) is 13.4. The SMILES string of the molecule is CC(C)=CC(=O)C[C@@H](C)[C@H]1CC[C@@]2(C)[C@@H]3C(=O)[C@@H]4C(C)(C)[C@@]45C(=O)CC[C@H]5[C@]3(C)CC[C@]12C. The minimum Gasteiger partial charge on any atom is -0.299 e. The van der Waals surface area contributed by atoms with E-state index in [1.165, 1.54) is 0 Å².